The van der Waals surface area contributed by atoms with Crippen molar-refractivity contribution in [2.45, 2.75) is 78.3 Å². The fourth-order valence-corrected chi connectivity index (χ4v) is 6.69. The van der Waals surface area contributed by atoms with Gasteiger partial charge < -0.3 is 14.8 Å². The van der Waals surface area contributed by atoms with E-state index in [0.29, 0.717) is 12.5 Å². The molecule has 0 radical (unpaired) electrons. The van der Waals surface area contributed by atoms with E-state index in [2.05, 4.69) is 61.7 Å². The zero-order chi connectivity index (χ0) is 26.8. The highest BCUT2D eigenvalue weighted by Crippen LogP contribution is 2.29. The number of fused-ring (bicyclic) bond motifs is 3. The minimum atomic E-state index is -0.00594. The molecule has 8 nitrogen and oxygen atoms in total. The highest BCUT2D eigenvalue weighted by atomic mass is 16.1. The molecule has 1 amide bonds. The van der Waals surface area contributed by atoms with Crippen LogP contribution in [-0.4, -0.2) is 63.0 Å². The van der Waals surface area contributed by atoms with Crippen molar-refractivity contribution in [2.75, 3.05) is 37.6 Å². The number of anilines is 1. The number of nitrogens with zero attached hydrogens (tertiary/aromatic N) is 6. The number of carbonyl (C=O) groups is 1. The summed E-state index contributed by atoms with van der Waals surface area (Å²) in [6.45, 7) is 11.0. The summed E-state index contributed by atoms with van der Waals surface area (Å²) in [5, 5.41) is 3.32. The molecule has 2 aromatic heterocycles. The number of amides is 1. The number of nitrogens with one attached hydrogen (secondary N) is 1. The van der Waals surface area contributed by atoms with E-state index in [9.17, 15) is 4.79 Å². The summed E-state index contributed by atoms with van der Waals surface area (Å²) in [7, 11) is 0. The molecule has 8 heteroatoms. The molecule has 0 unspecified atom stereocenters. The average molecular weight is 530 g/mol. The molecular formula is C31H43N7O. The van der Waals surface area contributed by atoms with Gasteiger partial charge in [0.1, 0.15) is 12.2 Å². The summed E-state index contributed by atoms with van der Waals surface area (Å²) in [5.74, 6) is 2.79. The summed E-state index contributed by atoms with van der Waals surface area (Å²) in [6, 6.07) is 6.75. The van der Waals surface area contributed by atoms with Gasteiger partial charge in [-0.1, -0.05) is 30.2 Å². The van der Waals surface area contributed by atoms with E-state index in [1.54, 1.807) is 6.33 Å². The number of rotatable bonds is 6. The summed E-state index contributed by atoms with van der Waals surface area (Å²) >= 11 is 0. The van der Waals surface area contributed by atoms with Crippen LogP contribution in [0.15, 0.2) is 24.5 Å². The molecule has 1 N–H and O–H groups in total. The molecule has 208 valence electrons. The second-order valence-corrected chi connectivity index (χ2v) is 12.0. The maximum Gasteiger partial charge on any atom is 0.224 e. The maximum absolute atomic E-state index is 13.3. The van der Waals surface area contributed by atoms with Crippen LogP contribution in [0.2, 0.25) is 0 Å². The topological polar surface area (TPSA) is 79.2 Å². The molecular weight excluding hydrogens is 486 g/mol. The lowest BCUT2D eigenvalue weighted by Crippen LogP contribution is -2.45. The largest absolute Gasteiger partial charge is 0.356 e. The maximum atomic E-state index is 13.3. The van der Waals surface area contributed by atoms with Gasteiger partial charge in [0.15, 0.2) is 17.0 Å². The monoisotopic (exact) mass is 529 g/mol. The van der Waals surface area contributed by atoms with Gasteiger partial charge in [-0.25, -0.2) is 15.0 Å². The predicted molar refractivity (Wildman–Crippen MR) is 155 cm³/mol. The molecule has 2 fully saturated rings. The normalized spacial score (nSPS) is 21.1. The van der Waals surface area contributed by atoms with Gasteiger partial charge in [0.05, 0.1) is 5.92 Å². The minimum absolute atomic E-state index is 0.00594. The third-order valence-corrected chi connectivity index (χ3v) is 9.14. The zero-order valence-corrected chi connectivity index (χ0v) is 23.7. The van der Waals surface area contributed by atoms with Crippen LogP contribution in [0.4, 0.5) is 5.82 Å². The van der Waals surface area contributed by atoms with Crippen molar-refractivity contribution in [1.29, 1.82) is 0 Å². The highest BCUT2D eigenvalue weighted by Gasteiger charge is 2.30. The van der Waals surface area contributed by atoms with Crippen LogP contribution in [0.1, 0.15) is 67.5 Å². The Bertz CT molecular complexity index is 1310. The van der Waals surface area contributed by atoms with Crippen LogP contribution in [-0.2, 0) is 24.3 Å². The van der Waals surface area contributed by atoms with Gasteiger partial charge in [-0.15, -0.1) is 0 Å². The molecule has 0 spiro atoms. The Morgan fingerprint density at radius 1 is 1.00 bits per heavy atom. The number of imidazole rings is 1. The number of likely N-dealkylation sites (tertiary alicyclic amines) is 1. The van der Waals surface area contributed by atoms with Gasteiger partial charge >= 0.3 is 0 Å². The molecule has 3 aliphatic rings. The molecule has 1 atom stereocenters. The molecule has 6 rings (SSSR count). The molecule has 2 saturated heterocycles. The third-order valence-electron chi connectivity index (χ3n) is 9.14. The fourth-order valence-electron chi connectivity index (χ4n) is 6.69. The second-order valence-electron chi connectivity index (χ2n) is 12.0. The molecule has 0 bridgehead atoms. The molecule has 0 aliphatic carbocycles. The Morgan fingerprint density at radius 2 is 1.87 bits per heavy atom. The second kappa shape index (κ2) is 11.6. The van der Waals surface area contributed by atoms with E-state index in [-0.39, 0.29) is 11.8 Å². The Morgan fingerprint density at radius 3 is 2.74 bits per heavy atom. The summed E-state index contributed by atoms with van der Waals surface area (Å²) in [4.78, 5) is 32.3. The van der Waals surface area contributed by atoms with Crippen molar-refractivity contribution < 1.29 is 4.79 Å². The average Bonchev–Trinajstić information content (AvgIpc) is 3.15. The number of piperidine rings is 2. The highest BCUT2D eigenvalue weighted by molar-refractivity contribution is 5.85. The van der Waals surface area contributed by atoms with Crippen LogP contribution in [0, 0.1) is 25.7 Å². The van der Waals surface area contributed by atoms with Crippen molar-refractivity contribution in [2.24, 2.45) is 11.8 Å². The van der Waals surface area contributed by atoms with Crippen molar-refractivity contribution >= 4 is 22.9 Å². The van der Waals surface area contributed by atoms with Gasteiger partial charge in [0.2, 0.25) is 5.91 Å². The van der Waals surface area contributed by atoms with Crippen molar-refractivity contribution in [3.05, 3.63) is 47.0 Å². The number of benzene rings is 1. The SMILES string of the molecule is Cc1ccc(C)c(CN2CCC(CNC(=O)[C@@H]3CCCN(c4ncnc5c4nc4n5CCCCC4)C3)CC2)c1. The Balaban J connectivity index is 1.02. The van der Waals surface area contributed by atoms with Gasteiger partial charge in [0.25, 0.3) is 0 Å². The zero-order valence-electron chi connectivity index (χ0n) is 23.7. The molecule has 1 aromatic carbocycles. The molecule has 0 saturated carbocycles. The third kappa shape index (κ3) is 5.81. The predicted octanol–water partition coefficient (Wildman–Crippen LogP) is 4.41. The van der Waals surface area contributed by atoms with Crippen LogP contribution in [0.5, 0.6) is 0 Å². The molecule has 3 aliphatic heterocycles. The first-order valence-corrected chi connectivity index (χ1v) is 15.1. The number of carbonyl (C=O) groups excluding carboxylic acids is 1. The van der Waals surface area contributed by atoms with E-state index < -0.39 is 0 Å². The van der Waals surface area contributed by atoms with Gasteiger partial charge in [-0.05, 0) is 82.5 Å². The van der Waals surface area contributed by atoms with E-state index >= 15 is 0 Å². The summed E-state index contributed by atoms with van der Waals surface area (Å²) < 4.78 is 2.29. The number of hydrogen-bond donors (Lipinski definition) is 1. The Hall–Kier alpha value is -3.00. The lowest BCUT2D eigenvalue weighted by atomic mass is 9.94. The smallest absolute Gasteiger partial charge is 0.224 e. The number of hydrogen-bond acceptors (Lipinski definition) is 6. The van der Waals surface area contributed by atoms with Crippen molar-refractivity contribution in [3.63, 3.8) is 0 Å². The van der Waals surface area contributed by atoms with Gasteiger partial charge in [-0.3, -0.25) is 9.69 Å². The first-order chi connectivity index (χ1) is 19.0. The van der Waals surface area contributed by atoms with Crippen molar-refractivity contribution in [3.8, 4) is 0 Å². The standard InChI is InChI=1S/C31H43N7O/c1-22-9-10-23(2)26(17-22)19-36-15-11-24(12-16-36)18-32-31(39)25-7-6-13-37(20-25)29-28-30(34-21-33-29)38-14-5-3-4-8-27(38)35-28/h9-10,17,21,24-25H,3-8,11-16,18-20H2,1-2H3,(H,32,39)/t25-/m1/s1. The van der Waals surface area contributed by atoms with E-state index in [0.717, 1.165) is 94.2 Å². The van der Waals surface area contributed by atoms with Crippen LogP contribution >= 0.6 is 0 Å². The van der Waals surface area contributed by atoms with Crippen LogP contribution in [0.25, 0.3) is 11.2 Å². The fraction of sp³-hybridized carbons (Fsp3) is 0.613. The van der Waals surface area contributed by atoms with Crippen LogP contribution < -0.4 is 10.2 Å². The van der Waals surface area contributed by atoms with Gasteiger partial charge in [0, 0.05) is 39.1 Å². The Kier molecular flexibility index (Phi) is 7.82. The molecule has 5 heterocycles. The molecule has 3 aromatic rings. The molecule has 39 heavy (non-hydrogen) atoms. The van der Waals surface area contributed by atoms with Crippen molar-refractivity contribution in [1.82, 2.24) is 29.7 Å². The first kappa shape index (κ1) is 26.2. The lowest BCUT2D eigenvalue weighted by molar-refractivity contribution is -0.125. The summed E-state index contributed by atoms with van der Waals surface area (Å²) in [6.07, 6.45) is 10.5. The first-order valence-electron chi connectivity index (χ1n) is 15.1. The number of aryl methyl sites for hydroxylation is 4. The summed E-state index contributed by atoms with van der Waals surface area (Å²) in [5.41, 5.74) is 6.01. The van der Waals surface area contributed by atoms with E-state index in [4.69, 9.17) is 4.98 Å². The quantitative estimate of drug-likeness (QED) is 0.510. The van der Waals surface area contributed by atoms with E-state index in [1.165, 1.54) is 36.0 Å². The number of aromatic nitrogens is 4. The van der Waals surface area contributed by atoms with Crippen LogP contribution in [0.3, 0.4) is 0 Å². The van der Waals surface area contributed by atoms with E-state index in [1.807, 2.05) is 0 Å². The lowest BCUT2D eigenvalue weighted by Gasteiger charge is -2.34. The van der Waals surface area contributed by atoms with Gasteiger partial charge in [-0.2, -0.15) is 0 Å². The Labute approximate surface area is 232 Å². The minimum Gasteiger partial charge on any atom is -0.356 e.